The predicted molar refractivity (Wildman–Crippen MR) is 110 cm³/mol. The standard InChI is InChI=1S/C23H21FN2O4/c1-25(2)11-12-26-20(15-8-4-5-9-16(15)24)19(22(28)23(26)29)21(27)18-13-14-7-3-6-10-17(14)30-18/h3-10,13,20,28H,11-12H2,1-2H3. The quantitative estimate of drug-likeness (QED) is 0.630. The molecule has 0 aliphatic carbocycles. The first-order valence-corrected chi connectivity index (χ1v) is 9.55. The zero-order chi connectivity index (χ0) is 21.4. The van der Waals surface area contributed by atoms with Gasteiger partial charge >= 0.3 is 0 Å². The summed E-state index contributed by atoms with van der Waals surface area (Å²) in [5.74, 6) is -2.59. The maximum Gasteiger partial charge on any atom is 0.290 e. The average molecular weight is 408 g/mol. The van der Waals surface area contributed by atoms with Gasteiger partial charge in [-0.05, 0) is 32.3 Å². The third-order valence-corrected chi connectivity index (χ3v) is 5.19. The number of benzene rings is 2. The zero-order valence-corrected chi connectivity index (χ0v) is 16.6. The lowest BCUT2D eigenvalue weighted by molar-refractivity contribution is -0.129. The Morgan fingerprint density at radius 2 is 1.87 bits per heavy atom. The van der Waals surface area contributed by atoms with Crippen LogP contribution in [0.4, 0.5) is 4.39 Å². The Kier molecular flexibility index (Phi) is 5.13. The number of nitrogens with zero attached hydrogens (tertiary/aromatic N) is 2. The summed E-state index contributed by atoms with van der Waals surface area (Å²) in [7, 11) is 3.68. The van der Waals surface area contributed by atoms with Crippen molar-refractivity contribution in [2.45, 2.75) is 6.04 Å². The Morgan fingerprint density at radius 3 is 2.57 bits per heavy atom. The Hall–Kier alpha value is -3.45. The van der Waals surface area contributed by atoms with E-state index in [0.29, 0.717) is 12.1 Å². The largest absolute Gasteiger partial charge is 0.503 e. The highest BCUT2D eigenvalue weighted by molar-refractivity contribution is 6.16. The number of halogens is 1. The SMILES string of the molecule is CN(C)CCN1C(=O)C(O)=C(C(=O)c2cc3ccccc3o2)C1c1ccccc1F. The molecular weight excluding hydrogens is 387 g/mol. The number of para-hydroxylation sites is 1. The van der Waals surface area contributed by atoms with Crippen molar-refractivity contribution >= 4 is 22.7 Å². The van der Waals surface area contributed by atoms with E-state index in [2.05, 4.69) is 0 Å². The normalized spacial score (nSPS) is 16.9. The van der Waals surface area contributed by atoms with E-state index in [-0.39, 0.29) is 23.4 Å². The minimum atomic E-state index is -1.04. The molecule has 1 N–H and O–H groups in total. The molecular formula is C23H21FN2O4. The van der Waals surface area contributed by atoms with Crippen molar-refractivity contribution in [3.63, 3.8) is 0 Å². The van der Waals surface area contributed by atoms with Crippen LogP contribution in [0.3, 0.4) is 0 Å². The number of amides is 1. The number of aliphatic hydroxyl groups excluding tert-OH is 1. The van der Waals surface area contributed by atoms with Gasteiger partial charge in [0.1, 0.15) is 11.4 Å². The fraction of sp³-hybridized carbons (Fsp3) is 0.217. The maximum absolute atomic E-state index is 14.7. The van der Waals surface area contributed by atoms with E-state index in [1.807, 2.05) is 25.1 Å². The number of hydrogen-bond acceptors (Lipinski definition) is 5. The number of furan rings is 1. The van der Waals surface area contributed by atoms with E-state index < -0.39 is 29.3 Å². The summed E-state index contributed by atoms with van der Waals surface area (Å²) < 4.78 is 20.3. The molecule has 2 aromatic carbocycles. The summed E-state index contributed by atoms with van der Waals surface area (Å²) >= 11 is 0. The highest BCUT2D eigenvalue weighted by Gasteiger charge is 2.45. The minimum absolute atomic E-state index is 0.0126. The number of hydrogen-bond donors (Lipinski definition) is 1. The fourth-order valence-corrected chi connectivity index (χ4v) is 3.67. The van der Waals surface area contributed by atoms with Crippen LogP contribution in [-0.4, -0.2) is 53.8 Å². The molecule has 0 radical (unpaired) electrons. The maximum atomic E-state index is 14.7. The number of aliphatic hydroxyl groups is 1. The van der Waals surface area contributed by atoms with Gasteiger partial charge in [0.2, 0.25) is 5.78 Å². The van der Waals surface area contributed by atoms with E-state index in [1.165, 1.54) is 23.1 Å². The lowest BCUT2D eigenvalue weighted by atomic mass is 9.94. The molecule has 30 heavy (non-hydrogen) atoms. The van der Waals surface area contributed by atoms with Crippen molar-refractivity contribution < 1.29 is 23.5 Å². The van der Waals surface area contributed by atoms with Gasteiger partial charge in [0.25, 0.3) is 5.91 Å². The lowest BCUT2D eigenvalue weighted by Crippen LogP contribution is -2.37. The lowest BCUT2D eigenvalue weighted by Gasteiger charge is -2.28. The number of fused-ring (bicyclic) bond motifs is 1. The molecule has 4 rings (SSSR count). The Labute approximate surface area is 172 Å². The highest BCUT2D eigenvalue weighted by atomic mass is 19.1. The second-order valence-corrected chi connectivity index (χ2v) is 7.47. The van der Waals surface area contributed by atoms with Gasteiger partial charge in [-0.15, -0.1) is 0 Å². The summed E-state index contributed by atoms with van der Waals surface area (Å²) in [5.41, 5.74) is 0.480. The highest BCUT2D eigenvalue weighted by Crippen LogP contribution is 2.40. The molecule has 1 atom stereocenters. The molecule has 6 nitrogen and oxygen atoms in total. The monoisotopic (exact) mass is 408 g/mol. The summed E-state index contributed by atoms with van der Waals surface area (Å²) in [6.07, 6.45) is 0. The number of ketones is 1. The van der Waals surface area contributed by atoms with Crippen molar-refractivity contribution in [1.82, 2.24) is 9.80 Å². The Balaban J connectivity index is 1.81. The summed E-state index contributed by atoms with van der Waals surface area (Å²) in [6, 6.07) is 13.6. The number of likely N-dealkylation sites (N-methyl/N-ethyl adjacent to an activating group) is 1. The number of rotatable bonds is 6. The average Bonchev–Trinajstić information content (AvgIpc) is 3.26. The fourth-order valence-electron chi connectivity index (χ4n) is 3.67. The molecule has 1 amide bonds. The van der Waals surface area contributed by atoms with Gasteiger partial charge in [-0.25, -0.2) is 4.39 Å². The van der Waals surface area contributed by atoms with Crippen LogP contribution in [0, 0.1) is 5.82 Å². The molecule has 0 bridgehead atoms. The number of carbonyl (C=O) groups is 2. The molecule has 1 aromatic heterocycles. The number of carbonyl (C=O) groups excluding carboxylic acids is 2. The molecule has 7 heteroatoms. The first-order valence-electron chi connectivity index (χ1n) is 9.55. The third kappa shape index (κ3) is 3.37. The Bertz CT molecular complexity index is 1130. The van der Waals surface area contributed by atoms with Gasteiger partial charge in [-0.1, -0.05) is 36.4 Å². The first kappa shape index (κ1) is 19.8. The second-order valence-electron chi connectivity index (χ2n) is 7.47. The second kappa shape index (κ2) is 7.76. The minimum Gasteiger partial charge on any atom is -0.503 e. The molecule has 0 saturated heterocycles. The van der Waals surface area contributed by atoms with Crippen LogP contribution in [-0.2, 0) is 4.79 Å². The molecule has 1 aliphatic rings. The van der Waals surface area contributed by atoms with Crippen LogP contribution in [0.15, 0.2) is 70.3 Å². The summed E-state index contributed by atoms with van der Waals surface area (Å²) in [5, 5.41) is 11.3. The van der Waals surface area contributed by atoms with Crippen LogP contribution >= 0.6 is 0 Å². The third-order valence-electron chi connectivity index (χ3n) is 5.19. The molecule has 0 saturated carbocycles. The van der Waals surface area contributed by atoms with Gasteiger partial charge in [-0.3, -0.25) is 9.59 Å². The van der Waals surface area contributed by atoms with Gasteiger partial charge in [0.05, 0.1) is 11.6 Å². The topological polar surface area (TPSA) is 74.0 Å². The van der Waals surface area contributed by atoms with E-state index in [1.54, 1.807) is 30.3 Å². The van der Waals surface area contributed by atoms with Gasteiger partial charge in [-0.2, -0.15) is 0 Å². The zero-order valence-electron chi connectivity index (χ0n) is 16.6. The van der Waals surface area contributed by atoms with Crippen LogP contribution in [0.1, 0.15) is 22.2 Å². The van der Waals surface area contributed by atoms with Crippen LogP contribution < -0.4 is 0 Å². The Morgan fingerprint density at radius 1 is 1.17 bits per heavy atom. The molecule has 3 aromatic rings. The molecule has 154 valence electrons. The summed E-state index contributed by atoms with van der Waals surface area (Å²) in [6.45, 7) is 0.696. The first-order chi connectivity index (χ1) is 14.4. The molecule has 0 fully saturated rings. The molecule has 1 aliphatic heterocycles. The van der Waals surface area contributed by atoms with Crippen molar-refractivity contribution in [3.8, 4) is 0 Å². The van der Waals surface area contributed by atoms with E-state index in [4.69, 9.17) is 4.42 Å². The van der Waals surface area contributed by atoms with Crippen molar-refractivity contribution in [1.29, 1.82) is 0 Å². The van der Waals surface area contributed by atoms with Gasteiger partial charge in [0, 0.05) is 24.0 Å². The summed E-state index contributed by atoms with van der Waals surface area (Å²) in [4.78, 5) is 29.3. The van der Waals surface area contributed by atoms with Crippen molar-refractivity contribution in [2.24, 2.45) is 0 Å². The van der Waals surface area contributed by atoms with Crippen LogP contribution in [0.25, 0.3) is 11.0 Å². The number of Topliss-reactive ketones (excluding diaryl/α,β-unsaturated/α-hetero) is 1. The van der Waals surface area contributed by atoms with E-state index in [0.717, 1.165) is 5.39 Å². The molecule has 2 heterocycles. The molecule has 1 unspecified atom stereocenters. The van der Waals surface area contributed by atoms with E-state index in [9.17, 15) is 19.1 Å². The van der Waals surface area contributed by atoms with Crippen LogP contribution in [0.5, 0.6) is 0 Å². The van der Waals surface area contributed by atoms with Gasteiger partial charge in [0.15, 0.2) is 11.5 Å². The van der Waals surface area contributed by atoms with Gasteiger partial charge < -0.3 is 19.3 Å². The van der Waals surface area contributed by atoms with Crippen LogP contribution in [0.2, 0.25) is 0 Å². The smallest absolute Gasteiger partial charge is 0.290 e. The van der Waals surface area contributed by atoms with E-state index >= 15 is 0 Å². The van der Waals surface area contributed by atoms with Crippen molar-refractivity contribution in [2.75, 3.05) is 27.2 Å². The molecule has 0 spiro atoms. The predicted octanol–water partition coefficient (Wildman–Crippen LogP) is 3.71. The van der Waals surface area contributed by atoms with Crippen molar-refractivity contribution in [3.05, 3.63) is 83.1 Å².